The van der Waals surface area contributed by atoms with Gasteiger partial charge in [0.25, 0.3) is 10.0 Å². The molecule has 3 heterocycles. The van der Waals surface area contributed by atoms with Gasteiger partial charge in [0.2, 0.25) is 5.03 Å². The molecule has 2 aliphatic rings. The van der Waals surface area contributed by atoms with Crippen LogP contribution >= 0.6 is 11.6 Å². The lowest BCUT2D eigenvalue weighted by Gasteiger charge is -2.43. The van der Waals surface area contributed by atoms with Crippen molar-refractivity contribution in [2.24, 2.45) is 7.05 Å². The highest BCUT2D eigenvalue weighted by Gasteiger charge is 2.37. The van der Waals surface area contributed by atoms with Crippen molar-refractivity contribution in [3.63, 3.8) is 0 Å². The van der Waals surface area contributed by atoms with Crippen molar-refractivity contribution in [3.8, 4) is 0 Å². The number of halogens is 1. The normalized spacial score (nSPS) is 25.6. The average Bonchev–Trinajstić information content (AvgIpc) is 2.79. The summed E-state index contributed by atoms with van der Waals surface area (Å²) in [5.74, 6) is 0. The summed E-state index contributed by atoms with van der Waals surface area (Å²) in [5.41, 5.74) is 0. The van der Waals surface area contributed by atoms with Crippen LogP contribution in [0.1, 0.15) is 19.3 Å². The highest BCUT2D eigenvalue weighted by molar-refractivity contribution is 7.89. The lowest BCUT2D eigenvalue weighted by atomic mass is 10.0. The van der Waals surface area contributed by atoms with E-state index in [1.807, 2.05) is 0 Å². The Balaban J connectivity index is 1.83. The first-order valence-electron chi connectivity index (χ1n) is 6.91. The van der Waals surface area contributed by atoms with E-state index in [0.29, 0.717) is 19.1 Å². The monoisotopic (exact) mass is 318 g/mol. The van der Waals surface area contributed by atoms with Crippen molar-refractivity contribution in [1.29, 1.82) is 0 Å². The maximum atomic E-state index is 12.6. The average molecular weight is 319 g/mol. The second-order valence-corrected chi connectivity index (χ2v) is 7.71. The van der Waals surface area contributed by atoms with Crippen LogP contribution < -0.4 is 0 Å². The predicted octanol–water partition coefficient (Wildman–Crippen LogP) is 0.932. The molecule has 0 radical (unpaired) electrons. The molecule has 0 saturated carbocycles. The highest BCUT2D eigenvalue weighted by Crippen LogP contribution is 2.27. The quantitative estimate of drug-likeness (QED) is 0.814. The molecule has 1 unspecified atom stereocenters. The Labute approximate surface area is 124 Å². The van der Waals surface area contributed by atoms with Gasteiger partial charge in [0, 0.05) is 32.7 Å². The van der Waals surface area contributed by atoms with Gasteiger partial charge in [0.15, 0.2) is 0 Å². The number of nitrogens with zero attached hydrogens (tertiary/aromatic N) is 4. The Morgan fingerprint density at radius 2 is 2.10 bits per heavy atom. The second kappa shape index (κ2) is 5.29. The van der Waals surface area contributed by atoms with E-state index in [1.165, 1.54) is 28.0 Å². The fourth-order valence-electron chi connectivity index (χ4n) is 3.03. The zero-order valence-corrected chi connectivity index (χ0v) is 13.1. The predicted molar refractivity (Wildman–Crippen MR) is 76.2 cm³/mol. The van der Waals surface area contributed by atoms with E-state index in [0.717, 1.165) is 19.5 Å². The van der Waals surface area contributed by atoms with Crippen molar-refractivity contribution in [2.45, 2.75) is 30.3 Å². The summed E-state index contributed by atoms with van der Waals surface area (Å²) in [4.78, 5) is 6.35. The number of hydrogen-bond acceptors (Lipinski definition) is 4. The summed E-state index contributed by atoms with van der Waals surface area (Å²) in [6.45, 7) is 2.96. The molecular formula is C12H19ClN4O2S. The fraction of sp³-hybridized carbons (Fsp3) is 0.750. The van der Waals surface area contributed by atoms with Gasteiger partial charge < -0.3 is 4.57 Å². The molecule has 1 atom stereocenters. The molecule has 6 nitrogen and oxygen atoms in total. The number of fused-ring (bicyclic) bond motifs is 1. The van der Waals surface area contributed by atoms with Gasteiger partial charge in [-0.3, -0.25) is 4.90 Å². The Morgan fingerprint density at radius 3 is 2.80 bits per heavy atom. The van der Waals surface area contributed by atoms with Gasteiger partial charge in [-0.05, 0) is 19.4 Å². The molecule has 0 bridgehead atoms. The number of hydrogen-bond donors (Lipinski definition) is 0. The summed E-state index contributed by atoms with van der Waals surface area (Å²) in [6.07, 6.45) is 4.91. The second-order valence-electron chi connectivity index (χ2n) is 5.50. The first-order valence-corrected chi connectivity index (χ1v) is 8.73. The number of sulfonamides is 1. The van der Waals surface area contributed by atoms with Gasteiger partial charge in [-0.2, -0.15) is 4.31 Å². The van der Waals surface area contributed by atoms with Crippen molar-refractivity contribution < 1.29 is 8.42 Å². The first-order chi connectivity index (χ1) is 9.50. The Morgan fingerprint density at radius 1 is 1.30 bits per heavy atom. The molecule has 0 amide bonds. The topological polar surface area (TPSA) is 58.4 Å². The summed E-state index contributed by atoms with van der Waals surface area (Å²) in [5, 5.41) is 0.155. The molecule has 1 aromatic rings. The van der Waals surface area contributed by atoms with Crippen LogP contribution in [0.5, 0.6) is 0 Å². The number of piperidine rings is 1. The standard InChI is InChI=1S/C12H19ClN4O2S/c1-15-9-14-12(11(15)13)20(18,19)17-7-6-16-5-3-2-4-10(16)8-17/h9-10H,2-8H2,1H3. The lowest BCUT2D eigenvalue weighted by Crippen LogP contribution is -2.56. The fourth-order valence-corrected chi connectivity index (χ4v) is 4.89. The third-order valence-corrected chi connectivity index (χ3v) is 6.58. The van der Waals surface area contributed by atoms with Crippen LogP contribution in [0.2, 0.25) is 5.15 Å². The maximum Gasteiger partial charge on any atom is 0.263 e. The van der Waals surface area contributed by atoms with E-state index >= 15 is 0 Å². The minimum Gasteiger partial charge on any atom is -0.324 e. The van der Waals surface area contributed by atoms with Crippen LogP contribution in [0.15, 0.2) is 11.4 Å². The number of imidazole rings is 1. The van der Waals surface area contributed by atoms with Gasteiger partial charge in [0.1, 0.15) is 5.15 Å². The smallest absolute Gasteiger partial charge is 0.263 e. The number of aromatic nitrogens is 2. The highest BCUT2D eigenvalue weighted by atomic mass is 35.5. The molecule has 112 valence electrons. The Hall–Kier alpha value is -0.630. The Bertz CT molecular complexity index is 601. The van der Waals surface area contributed by atoms with Crippen LogP contribution in [0.3, 0.4) is 0 Å². The SMILES string of the molecule is Cn1cnc(S(=O)(=O)N2CCN3CCCCC3C2)c1Cl. The largest absolute Gasteiger partial charge is 0.324 e. The molecule has 2 aliphatic heterocycles. The van der Waals surface area contributed by atoms with Crippen LogP contribution in [-0.4, -0.2) is 59.4 Å². The van der Waals surface area contributed by atoms with E-state index in [1.54, 1.807) is 7.05 Å². The zero-order valence-electron chi connectivity index (χ0n) is 11.5. The number of piperazine rings is 1. The molecule has 20 heavy (non-hydrogen) atoms. The van der Waals surface area contributed by atoms with Crippen molar-refractivity contribution in [3.05, 3.63) is 11.5 Å². The van der Waals surface area contributed by atoms with Crippen molar-refractivity contribution >= 4 is 21.6 Å². The maximum absolute atomic E-state index is 12.6. The summed E-state index contributed by atoms with van der Waals surface area (Å²) in [6, 6.07) is 0.342. The number of aryl methyl sites for hydroxylation is 1. The van der Waals surface area contributed by atoms with E-state index < -0.39 is 10.0 Å². The van der Waals surface area contributed by atoms with Gasteiger partial charge in [-0.15, -0.1) is 0 Å². The van der Waals surface area contributed by atoms with E-state index in [9.17, 15) is 8.42 Å². The Kier molecular flexibility index (Phi) is 3.79. The molecule has 0 aromatic carbocycles. The van der Waals surface area contributed by atoms with E-state index in [2.05, 4.69) is 9.88 Å². The first kappa shape index (κ1) is 14.3. The van der Waals surface area contributed by atoms with Crippen LogP contribution in [0.25, 0.3) is 0 Å². The van der Waals surface area contributed by atoms with Crippen molar-refractivity contribution in [1.82, 2.24) is 18.8 Å². The lowest BCUT2D eigenvalue weighted by molar-refractivity contribution is 0.0851. The third-order valence-electron chi connectivity index (χ3n) is 4.22. The van der Waals surface area contributed by atoms with Gasteiger partial charge in [-0.25, -0.2) is 13.4 Å². The summed E-state index contributed by atoms with van der Waals surface area (Å²) in [7, 11) is -1.89. The summed E-state index contributed by atoms with van der Waals surface area (Å²) >= 11 is 6.03. The molecule has 8 heteroatoms. The molecule has 2 saturated heterocycles. The molecule has 3 rings (SSSR count). The van der Waals surface area contributed by atoms with Crippen LogP contribution in [0.4, 0.5) is 0 Å². The minimum absolute atomic E-state index is 0.0223. The van der Waals surface area contributed by atoms with Gasteiger partial charge in [0.05, 0.1) is 6.33 Å². The minimum atomic E-state index is -3.58. The number of rotatable bonds is 2. The van der Waals surface area contributed by atoms with E-state index in [-0.39, 0.29) is 10.2 Å². The molecule has 0 N–H and O–H groups in total. The van der Waals surface area contributed by atoms with Crippen LogP contribution in [0, 0.1) is 0 Å². The zero-order chi connectivity index (χ0) is 14.3. The third kappa shape index (κ3) is 2.36. The molecular weight excluding hydrogens is 300 g/mol. The van der Waals surface area contributed by atoms with E-state index in [4.69, 9.17) is 11.6 Å². The van der Waals surface area contributed by atoms with Gasteiger partial charge in [-0.1, -0.05) is 18.0 Å². The van der Waals surface area contributed by atoms with Crippen LogP contribution in [-0.2, 0) is 17.1 Å². The molecule has 1 aromatic heterocycles. The molecule has 2 fully saturated rings. The molecule has 0 spiro atoms. The summed E-state index contributed by atoms with van der Waals surface area (Å²) < 4.78 is 28.3. The van der Waals surface area contributed by atoms with Crippen molar-refractivity contribution in [2.75, 3.05) is 26.2 Å². The molecule has 0 aliphatic carbocycles. The van der Waals surface area contributed by atoms with Gasteiger partial charge >= 0.3 is 0 Å².